The molecule has 4 aliphatic rings. The standard InChI is InChI=1S/C36H43F3N2O2/c1-33(2,3)22-8-6-21(7-9-22)25-11-10-23(36(37,38)39)18-30(25)41-32(43)29-13-12-27-26-20-40-31-19-24(42)14-16-35(31,5)28(26)15-17-34(27,29)4/h6-11,18-19,26-29,40H,12-17,20H2,1-5H3,(H,41,43)/t26?,27?,28?,29-,34+,35-/m1/s1. The number of rotatable bonds is 3. The third-order valence-corrected chi connectivity index (χ3v) is 11.6. The monoisotopic (exact) mass is 592 g/mol. The van der Waals surface area contributed by atoms with Crippen molar-refractivity contribution in [2.45, 2.75) is 84.7 Å². The summed E-state index contributed by atoms with van der Waals surface area (Å²) < 4.78 is 41.4. The number of hydrogen-bond donors (Lipinski definition) is 2. The minimum absolute atomic E-state index is 0.0476. The van der Waals surface area contributed by atoms with Gasteiger partial charge in [0, 0.05) is 47.3 Å². The average Bonchev–Trinajstić information content (AvgIpc) is 3.30. The highest BCUT2D eigenvalue weighted by atomic mass is 19.4. The predicted octanol–water partition coefficient (Wildman–Crippen LogP) is 8.52. The fourth-order valence-corrected chi connectivity index (χ4v) is 9.02. The summed E-state index contributed by atoms with van der Waals surface area (Å²) in [5.74, 6) is 0.930. The molecule has 1 aliphatic heterocycles. The molecule has 0 spiro atoms. The maximum Gasteiger partial charge on any atom is 0.416 e. The van der Waals surface area contributed by atoms with Crippen molar-refractivity contribution in [1.29, 1.82) is 0 Å². The number of alkyl halides is 3. The van der Waals surface area contributed by atoms with Gasteiger partial charge in [-0.3, -0.25) is 9.59 Å². The van der Waals surface area contributed by atoms with Crippen molar-refractivity contribution in [3.05, 3.63) is 65.4 Å². The number of anilines is 1. The van der Waals surface area contributed by atoms with E-state index in [1.807, 2.05) is 30.3 Å². The van der Waals surface area contributed by atoms with E-state index in [0.717, 1.165) is 67.6 Å². The first kappa shape index (κ1) is 30.0. The van der Waals surface area contributed by atoms with E-state index in [-0.39, 0.29) is 39.5 Å². The number of allylic oxidation sites excluding steroid dienone is 2. The molecule has 4 nitrogen and oxygen atoms in total. The number of piperidine rings is 1. The second-order valence-electron chi connectivity index (χ2n) is 14.9. The summed E-state index contributed by atoms with van der Waals surface area (Å²) in [5, 5.41) is 6.59. The molecular weight excluding hydrogens is 549 g/mol. The Morgan fingerprint density at radius 1 is 0.930 bits per heavy atom. The summed E-state index contributed by atoms with van der Waals surface area (Å²) in [4.78, 5) is 26.2. The summed E-state index contributed by atoms with van der Waals surface area (Å²) in [5.41, 5.74) is 2.66. The maximum absolute atomic E-state index is 14.0. The minimum atomic E-state index is -4.52. The summed E-state index contributed by atoms with van der Waals surface area (Å²) >= 11 is 0. The second-order valence-corrected chi connectivity index (χ2v) is 14.9. The van der Waals surface area contributed by atoms with Crippen LogP contribution in [0.2, 0.25) is 0 Å². The van der Waals surface area contributed by atoms with Crippen LogP contribution in [0.5, 0.6) is 0 Å². The smallest absolute Gasteiger partial charge is 0.387 e. The number of benzene rings is 2. The SMILES string of the molecule is CC(C)(C)c1ccc(-c2ccc(C(F)(F)F)cc2NC(=O)[C@H]2CCC3C4CNC5=CC(=O)CC[C@]5(C)C4CC[C@@]32C)cc1. The van der Waals surface area contributed by atoms with E-state index in [1.54, 1.807) is 0 Å². The fourth-order valence-electron chi connectivity index (χ4n) is 9.02. The van der Waals surface area contributed by atoms with E-state index >= 15 is 0 Å². The van der Waals surface area contributed by atoms with Crippen LogP contribution in [-0.4, -0.2) is 18.2 Å². The van der Waals surface area contributed by atoms with Crippen molar-refractivity contribution < 1.29 is 22.8 Å². The number of halogens is 3. The van der Waals surface area contributed by atoms with Gasteiger partial charge in [-0.2, -0.15) is 13.2 Å². The van der Waals surface area contributed by atoms with Crippen LogP contribution >= 0.6 is 0 Å². The number of ketones is 1. The number of hydrogen-bond acceptors (Lipinski definition) is 3. The molecular formula is C36H43F3N2O2. The number of carbonyl (C=O) groups excluding carboxylic acids is 2. The molecule has 0 radical (unpaired) electrons. The van der Waals surface area contributed by atoms with E-state index in [1.165, 1.54) is 6.07 Å². The molecule has 1 amide bonds. The molecule has 3 fully saturated rings. The van der Waals surface area contributed by atoms with Crippen LogP contribution in [0.25, 0.3) is 11.1 Å². The minimum Gasteiger partial charge on any atom is -0.387 e. The van der Waals surface area contributed by atoms with Crippen LogP contribution in [0.3, 0.4) is 0 Å². The molecule has 43 heavy (non-hydrogen) atoms. The molecule has 6 rings (SSSR count). The number of amides is 1. The Labute approximate surface area is 252 Å². The van der Waals surface area contributed by atoms with Gasteiger partial charge in [-0.1, -0.05) is 65.0 Å². The van der Waals surface area contributed by atoms with Gasteiger partial charge in [-0.15, -0.1) is 0 Å². The van der Waals surface area contributed by atoms with Gasteiger partial charge in [0.15, 0.2) is 5.78 Å². The van der Waals surface area contributed by atoms with Gasteiger partial charge >= 0.3 is 6.18 Å². The van der Waals surface area contributed by atoms with E-state index < -0.39 is 11.7 Å². The van der Waals surface area contributed by atoms with Gasteiger partial charge in [0.25, 0.3) is 0 Å². The van der Waals surface area contributed by atoms with Gasteiger partial charge in [0.1, 0.15) is 0 Å². The van der Waals surface area contributed by atoms with Gasteiger partial charge in [0.2, 0.25) is 5.91 Å². The predicted molar refractivity (Wildman–Crippen MR) is 163 cm³/mol. The first-order valence-corrected chi connectivity index (χ1v) is 15.7. The van der Waals surface area contributed by atoms with Crippen LogP contribution in [0, 0.1) is 34.5 Å². The van der Waals surface area contributed by atoms with Crippen molar-refractivity contribution in [3.8, 4) is 11.1 Å². The topological polar surface area (TPSA) is 58.2 Å². The molecule has 2 aromatic carbocycles. The lowest BCUT2D eigenvalue weighted by molar-refractivity contribution is -0.137. The lowest BCUT2D eigenvalue weighted by Gasteiger charge is -2.58. The second kappa shape index (κ2) is 10.2. The normalized spacial score (nSPS) is 32.2. The zero-order chi connectivity index (χ0) is 30.9. The molecule has 1 saturated heterocycles. The molecule has 2 saturated carbocycles. The highest BCUT2D eigenvalue weighted by Crippen LogP contribution is 2.64. The molecule has 3 aliphatic carbocycles. The Kier molecular flexibility index (Phi) is 7.13. The summed E-state index contributed by atoms with van der Waals surface area (Å²) in [6, 6.07) is 11.5. The van der Waals surface area contributed by atoms with Crippen LogP contribution < -0.4 is 10.6 Å². The highest BCUT2D eigenvalue weighted by Gasteiger charge is 2.60. The van der Waals surface area contributed by atoms with Crippen LogP contribution in [0.15, 0.2) is 54.2 Å². The molecule has 7 heteroatoms. The van der Waals surface area contributed by atoms with Crippen molar-refractivity contribution in [3.63, 3.8) is 0 Å². The van der Waals surface area contributed by atoms with Crippen molar-refractivity contribution >= 4 is 17.4 Å². The molecule has 2 aromatic rings. The van der Waals surface area contributed by atoms with Gasteiger partial charge in [0.05, 0.1) is 5.56 Å². The number of nitrogens with one attached hydrogen (secondary N) is 2. The van der Waals surface area contributed by atoms with E-state index in [0.29, 0.717) is 29.7 Å². The Morgan fingerprint density at radius 2 is 1.63 bits per heavy atom. The Bertz CT molecular complexity index is 1470. The molecule has 0 bridgehead atoms. The van der Waals surface area contributed by atoms with Crippen molar-refractivity contribution in [1.82, 2.24) is 5.32 Å². The first-order chi connectivity index (χ1) is 20.1. The van der Waals surface area contributed by atoms with Crippen LogP contribution in [0.1, 0.15) is 84.3 Å². The molecule has 3 unspecified atom stereocenters. The Balaban J connectivity index is 1.27. The van der Waals surface area contributed by atoms with Crippen LogP contribution in [0.4, 0.5) is 18.9 Å². The average molecular weight is 593 g/mol. The van der Waals surface area contributed by atoms with E-state index in [2.05, 4.69) is 45.3 Å². The third-order valence-electron chi connectivity index (χ3n) is 11.6. The van der Waals surface area contributed by atoms with Gasteiger partial charge < -0.3 is 10.6 Å². The highest BCUT2D eigenvalue weighted by molar-refractivity contribution is 5.97. The van der Waals surface area contributed by atoms with E-state index in [9.17, 15) is 22.8 Å². The molecule has 1 heterocycles. The van der Waals surface area contributed by atoms with Crippen molar-refractivity contribution in [2.75, 3.05) is 11.9 Å². The van der Waals surface area contributed by atoms with Crippen molar-refractivity contribution in [2.24, 2.45) is 34.5 Å². The van der Waals surface area contributed by atoms with Gasteiger partial charge in [-0.05, 0) is 83.9 Å². The summed E-state index contributed by atoms with van der Waals surface area (Å²) in [7, 11) is 0. The number of fused-ring (bicyclic) bond motifs is 5. The summed E-state index contributed by atoms with van der Waals surface area (Å²) in [6.07, 6.45) is 2.26. The van der Waals surface area contributed by atoms with Gasteiger partial charge in [-0.25, -0.2) is 0 Å². The Morgan fingerprint density at radius 3 is 2.30 bits per heavy atom. The fraction of sp³-hybridized carbons (Fsp3) is 0.556. The molecule has 0 aromatic heterocycles. The third kappa shape index (κ3) is 5.10. The molecule has 6 atom stereocenters. The zero-order valence-corrected chi connectivity index (χ0v) is 25.8. The lowest BCUT2D eigenvalue weighted by Crippen LogP contribution is -2.57. The largest absolute Gasteiger partial charge is 0.416 e. The van der Waals surface area contributed by atoms with E-state index in [4.69, 9.17) is 0 Å². The van der Waals surface area contributed by atoms with Crippen LogP contribution in [-0.2, 0) is 21.2 Å². The molecule has 230 valence electrons. The quantitative estimate of drug-likeness (QED) is 0.376. The molecule has 2 N–H and O–H groups in total. The maximum atomic E-state index is 14.0. The first-order valence-electron chi connectivity index (χ1n) is 15.7. The lowest BCUT2D eigenvalue weighted by atomic mass is 9.50. The Hall–Kier alpha value is -3.09. The zero-order valence-electron chi connectivity index (χ0n) is 25.8. The summed E-state index contributed by atoms with van der Waals surface area (Å²) in [6.45, 7) is 11.7. The number of carbonyl (C=O) groups is 2.